The van der Waals surface area contributed by atoms with Crippen LogP contribution in [0.4, 0.5) is 21.8 Å². The number of anilines is 3. The third kappa shape index (κ3) is 3.70. The number of rotatable bonds is 3. The van der Waals surface area contributed by atoms with Gasteiger partial charge in [0.15, 0.2) is 0 Å². The molecule has 2 aliphatic rings. The summed E-state index contributed by atoms with van der Waals surface area (Å²) in [6, 6.07) is 5.29. The first-order valence-electron chi connectivity index (χ1n) is 9.06. The van der Waals surface area contributed by atoms with E-state index in [4.69, 9.17) is 0 Å². The van der Waals surface area contributed by atoms with Crippen LogP contribution in [0.1, 0.15) is 0 Å². The van der Waals surface area contributed by atoms with Gasteiger partial charge in [-0.3, -0.25) is 0 Å². The molecule has 0 unspecified atom stereocenters. The van der Waals surface area contributed by atoms with Crippen LogP contribution in [-0.2, 0) is 0 Å². The number of hydrogen-bond donors (Lipinski definition) is 0. The minimum atomic E-state index is -0.301. The first kappa shape index (κ1) is 17.0. The maximum atomic E-state index is 13.0. The predicted molar refractivity (Wildman–Crippen MR) is 100 cm³/mol. The molecule has 2 aromatic rings. The third-order valence-electron chi connectivity index (χ3n) is 5.10. The molecule has 7 nitrogen and oxygen atoms in total. The Balaban J connectivity index is 1.40. The van der Waals surface area contributed by atoms with E-state index in [0.29, 0.717) is 0 Å². The maximum Gasteiger partial charge on any atom is 0.141 e. The van der Waals surface area contributed by atoms with Crippen molar-refractivity contribution in [2.45, 2.75) is 0 Å². The summed E-state index contributed by atoms with van der Waals surface area (Å²) in [6.45, 7) is 7.51. The van der Waals surface area contributed by atoms with Crippen LogP contribution >= 0.6 is 0 Å². The number of piperazine rings is 2. The van der Waals surface area contributed by atoms with E-state index in [0.717, 1.165) is 69.8 Å². The highest BCUT2D eigenvalue weighted by molar-refractivity contribution is 5.52. The summed E-state index contributed by atoms with van der Waals surface area (Å²) in [4.78, 5) is 22.2. The molecule has 0 aliphatic carbocycles. The second-order valence-corrected chi connectivity index (χ2v) is 6.83. The molecule has 0 atom stereocenters. The molecular formula is C18H24FN7. The molecule has 4 heterocycles. The van der Waals surface area contributed by atoms with E-state index in [1.807, 2.05) is 0 Å². The van der Waals surface area contributed by atoms with Gasteiger partial charge < -0.3 is 19.6 Å². The molecule has 2 saturated heterocycles. The van der Waals surface area contributed by atoms with Crippen molar-refractivity contribution >= 4 is 17.5 Å². The topological polar surface area (TPSA) is 51.6 Å². The SMILES string of the molecule is CN1CCN(c2cc(N3CCN(c4ccc(F)cn4)CC3)ncn2)CC1. The highest BCUT2D eigenvalue weighted by Gasteiger charge is 2.21. The van der Waals surface area contributed by atoms with Crippen LogP contribution in [0.2, 0.25) is 0 Å². The molecule has 0 amide bonds. The van der Waals surface area contributed by atoms with E-state index < -0.39 is 0 Å². The number of halogens is 1. The van der Waals surface area contributed by atoms with Crippen LogP contribution in [0, 0.1) is 5.82 Å². The molecule has 4 rings (SSSR count). The van der Waals surface area contributed by atoms with E-state index in [9.17, 15) is 4.39 Å². The van der Waals surface area contributed by atoms with Crippen LogP contribution in [0.3, 0.4) is 0 Å². The van der Waals surface area contributed by atoms with Gasteiger partial charge in [0.05, 0.1) is 6.20 Å². The highest BCUT2D eigenvalue weighted by atomic mass is 19.1. The molecule has 2 aromatic heterocycles. The molecule has 0 radical (unpaired) electrons. The summed E-state index contributed by atoms with van der Waals surface area (Å²) >= 11 is 0. The van der Waals surface area contributed by atoms with Crippen molar-refractivity contribution in [2.24, 2.45) is 0 Å². The van der Waals surface area contributed by atoms with E-state index in [2.05, 4.69) is 47.7 Å². The van der Waals surface area contributed by atoms with Crippen molar-refractivity contribution in [3.05, 3.63) is 36.5 Å². The zero-order valence-electron chi connectivity index (χ0n) is 15.1. The number of hydrogen-bond acceptors (Lipinski definition) is 7. The number of pyridine rings is 1. The van der Waals surface area contributed by atoms with Gasteiger partial charge >= 0.3 is 0 Å². The lowest BCUT2D eigenvalue weighted by atomic mass is 10.3. The molecule has 0 saturated carbocycles. The van der Waals surface area contributed by atoms with Crippen LogP contribution < -0.4 is 14.7 Å². The Hall–Kier alpha value is -2.48. The van der Waals surface area contributed by atoms with Gasteiger partial charge in [-0.05, 0) is 19.2 Å². The van der Waals surface area contributed by atoms with Gasteiger partial charge in [0.2, 0.25) is 0 Å². The van der Waals surface area contributed by atoms with Gasteiger partial charge in [0.25, 0.3) is 0 Å². The van der Waals surface area contributed by atoms with E-state index >= 15 is 0 Å². The lowest BCUT2D eigenvalue weighted by molar-refractivity contribution is 0.312. The van der Waals surface area contributed by atoms with Gasteiger partial charge in [-0.25, -0.2) is 19.3 Å². The van der Waals surface area contributed by atoms with Gasteiger partial charge in [-0.2, -0.15) is 0 Å². The molecule has 2 fully saturated rings. The van der Waals surface area contributed by atoms with Crippen molar-refractivity contribution in [3.63, 3.8) is 0 Å². The Morgan fingerprint density at radius 3 is 1.81 bits per heavy atom. The second kappa shape index (κ2) is 7.41. The third-order valence-corrected chi connectivity index (χ3v) is 5.10. The average Bonchev–Trinajstić information content (AvgIpc) is 2.69. The summed E-state index contributed by atoms with van der Waals surface area (Å²) in [5.74, 6) is 2.50. The fourth-order valence-corrected chi connectivity index (χ4v) is 3.44. The largest absolute Gasteiger partial charge is 0.354 e. The summed E-state index contributed by atoms with van der Waals surface area (Å²) in [5.41, 5.74) is 0. The molecule has 138 valence electrons. The molecule has 8 heteroatoms. The Morgan fingerprint density at radius 2 is 1.27 bits per heavy atom. The van der Waals surface area contributed by atoms with Gasteiger partial charge in [0.1, 0.15) is 29.6 Å². The Labute approximate surface area is 153 Å². The second-order valence-electron chi connectivity index (χ2n) is 6.83. The summed E-state index contributed by atoms with van der Waals surface area (Å²) in [7, 11) is 2.15. The van der Waals surface area contributed by atoms with Gasteiger partial charge in [-0.1, -0.05) is 0 Å². The fraction of sp³-hybridized carbons (Fsp3) is 0.500. The fourth-order valence-electron chi connectivity index (χ4n) is 3.44. The minimum absolute atomic E-state index is 0.301. The molecule has 26 heavy (non-hydrogen) atoms. The maximum absolute atomic E-state index is 13.0. The molecule has 0 spiro atoms. The first-order valence-corrected chi connectivity index (χ1v) is 9.06. The van der Waals surface area contributed by atoms with Crippen LogP contribution in [0.15, 0.2) is 30.7 Å². The van der Waals surface area contributed by atoms with Crippen molar-refractivity contribution < 1.29 is 4.39 Å². The summed E-state index contributed by atoms with van der Waals surface area (Å²) < 4.78 is 13.0. The molecule has 0 aromatic carbocycles. The predicted octanol–water partition coefficient (Wildman–Crippen LogP) is 1.09. The lowest BCUT2D eigenvalue weighted by Crippen LogP contribution is -2.47. The normalized spacial score (nSPS) is 19.1. The van der Waals surface area contributed by atoms with Crippen LogP contribution in [0.5, 0.6) is 0 Å². The van der Waals surface area contributed by atoms with Crippen molar-refractivity contribution in [2.75, 3.05) is 74.1 Å². The van der Waals surface area contributed by atoms with E-state index in [1.165, 1.54) is 12.3 Å². The van der Waals surface area contributed by atoms with Crippen molar-refractivity contribution in [1.82, 2.24) is 19.9 Å². The zero-order valence-corrected chi connectivity index (χ0v) is 15.1. The van der Waals surface area contributed by atoms with Gasteiger partial charge in [0, 0.05) is 58.4 Å². The van der Waals surface area contributed by atoms with Crippen molar-refractivity contribution in [1.29, 1.82) is 0 Å². The Kier molecular flexibility index (Phi) is 4.83. The van der Waals surface area contributed by atoms with Crippen molar-refractivity contribution in [3.8, 4) is 0 Å². The highest BCUT2D eigenvalue weighted by Crippen LogP contribution is 2.21. The summed E-state index contributed by atoms with van der Waals surface area (Å²) in [6.07, 6.45) is 2.94. The molecular weight excluding hydrogens is 333 g/mol. The molecule has 0 bridgehead atoms. The average molecular weight is 357 g/mol. The minimum Gasteiger partial charge on any atom is -0.354 e. The molecule has 0 N–H and O–H groups in total. The van der Waals surface area contributed by atoms with E-state index in [1.54, 1.807) is 12.4 Å². The standard InChI is InChI=1S/C18H24FN7/c1-23-4-6-25(7-5-23)17-12-18(22-14-21-17)26-10-8-24(9-11-26)16-3-2-15(19)13-20-16/h2-3,12-14H,4-11H2,1H3. The number of aromatic nitrogens is 3. The van der Waals surface area contributed by atoms with E-state index in [-0.39, 0.29) is 5.82 Å². The smallest absolute Gasteiger partial charge is 0.141 e. The first-order chi connectivity index (χ1) is 12.7. The van der Waals surface area contributed by atoms with Crippen LogP contribution in [-0.4, -0.2) is 79.3 Å². The van der Waals surface area contributed by atoms with Crippen LogP contribution in [0.25, 0.3) is 0 Å². The molecule has 2 aliphatic heterocycles. The quantitative estimate of drug-likeness (QED) is 0.815. The number of likely N-dealkylation sites (N-methyl/N-ethyl adjacent to an activating group) is 1. The lowest BCUT2D eigenvalue weighted by Gasteiger charge is -2.37. The summed E-state index contributed by atoms with van der Waals surface area (Å²) in [5, 5.41) is 0. The Morgan fingerprint density at radius 1 is 0.731 bits per heavy atom. The number of nitrogens with zero attached hydrogens (tertiary/aromatic N) is 7. The Bertz CT molecular complexity index is 723. The van der Waals surface area contributed by atoms with Gasteiger partial charge in [-0.15, -0.1) is 0 Å². The monoisotopic (exact) mass is 357 g/mol. The zero-order chi connectivity index (χ0) is 17.9.